The van der Waals surface area contributed by atoms with Gasteiger partial charge in [0.15, 0.2) is 10.9 Å². The van der Waals surface area contributed by atoms with Crippen LogP contribution in [0, 0.1) is 12.8 Å². The lowest BCUT2D eigenvalue weighted by molar-refractivity contribution is -0.119. The number of thioether (sulfide) groups is 1. The van der Waals surface area contributed by atoms with Crippen molar-refractivity contribution < 1.29 is 9.59 Å². The topological polar surface area (TPSA) is 117 Å². The lowest BCUT2D eigenvalue weighted by atomic mass is 10.1. The minimum atomic E-state index is -0.456. The van der Waals surface area contributed by atoms with E-state index in [1.54, 1.807) is 38.1 Å². The third kappa shape index (κ3) is 5.79. The average Bonchev–Trinajstić information content (AvgIpc) is 2.74. The number of para-hydroxylation sites is 2. The van der Waals surface area contributed by atoms with Gasteiger partial charge in [-0.3, -0.25) is 19.4 Å². The number of aromatic nitrogens is 3. The van der Waals surface area contributed by atoms with Crippen LogP contribution < -0.4 is 16.2 Å². The molecule has 0 saturated carbocycles. The third-order valence-electron chi connectivity index (χ3n) is 4.40. The second-order valence-corrected chi connectivity index (χ2v) is 8.11. The lowest BCUT2D eigenvalue weighted by Crippen LogP contribution is -2.20. The first kappa shape index (κ1) is 22.2. The summed E-state index contributed by atoms with van der Waals surface area (Å²) in [5.74, 6) is -0.516. The van der Waals surface area contributed by atoms with Gasteiger partial charge in [-0.25, -0.2) is 0 Å². The van der Waals surface area contributed by atoms with Gasteiger partial charge in [-0.15, -0.1) is 10.2 Å². The second-order valence-electron chi connectivity index (χ2n) is 7.15. The number of rotatable bonds is 7. The van der Waals surface area contributed by atoms with Gasteiger partial charge in [0, 0.05) is 17.2 Å². The minimum Gasteiger partial charge on any atom is -0.325 e. The Morgan fingerprint density at radius 2 is 1.68 bits per heavy atom. The van der Waals surface area contributed by atoms with Crippen LogP contribution in [0.2, 0.25) is 0 Å². The molecule has 2 amide bonds. The molecule has 0 aliphatic heterocycles. The molecular formula is C22H23N5O3S. The van der Waals surface area contributed by atoms with Crippen LogP contribution in [0.5, 0.6) is 0 Å². The van der Waals surface area contributed by atoms with E-state index in [0.29, 0.717) is 11.3 Å². The highest BCUT2D eigenvalue weighted by atomic mass is 32.2. The third-order valence-corrected chi connectivity index (χ3v) is 5.26. The number of aromatic amines is 1. The molecule has 0 radical (unpaired) electrons. The van der Waals surface area contributed by atoms with Crippen LogP contribution in [-0.4, -0.2) is 32.7 Å². The minimum absolute atomic E-state index is 0.0688. The molecule has 1 heterocycles. The Hall–Kier alpha value is -3.46. The maximum absolute atomic E-state index is 12.6. The highest BCUT2D eigenvalue weighted by molar-refractivity contribution is 7.99. The zero-order valence-electron chi connectivity index (χ0n) is 17.4. The molecule has 0 aliphatic rings. The summed E-state index contributed by atoms with van der Waals surface area (Å²) in [6, 6.07) is 14.4. The van der Waals surface area contributed by atoms with E-state index in [4.69, 9.17) is 0 Å². The SMILES string of the molecule is Cc1ccccc1NC(=O)CSc1nnc(-c2ccccc2NC(=O)C(C)C)c(=O)[nH]1. The highest BCUT2D eigenvalue weighted by Crippen LogP contribution is 2.24. The summed E-state index contributed by atoms with van der Waals surface area (Å²) in [5, 5.41) is 13.9. The largest absolute Gasteiger partial charge is 0.325 e. The first-order chi connectivity index (χ1) is 14.8. The van der Waals surface area contributed by atoms with Crippen LogP contribution in [0.4, 0.5) is 11.4 Å². The number of carbonyl (C=O) groups is 2. The summed E-state index contributed by atoms with van der Waals surface area (Å²) < 4.78 is 0. The number of hydrogen-bond donors (Lipinski definition) is 3. The molecule has 0 atom stereocenters. The normalized spacial score (nSPS) is 10.7. The van der Waals surface area contributed by atoms with Crippen LogP contribution in [0.25, 0.3) is 11.3 Å². The number of anilines is 2. The highest BCUT2D eigenvalue weighted by Gasteiger charge is 2.16. The number of nitrogens with zero attached hydrogens (tertiary/aromatic N) is 2. The molecule has 8 nitrogen and oxygen atoms in total. The molecule has 3 aromatic rings. The van der Waals surface area contributed by atoms with Crippen molar-refractivity contribution in [3.8, 4) is 11.3 Å². The van der Waals surface area contributed by atoms with Crippen LogP contribution >= 0.6 is 11.8 Å². The maximum Gasteiger partial charge on any atom is 0.278 e. The Balaban J connectivity index is 1.71. The van der Waals surface area contributed by atoms with Gasteiger partial charge in [0.1, 0.15) is 0 Å². The van der Waals surface area contributed by atoms with E-state index in [-0.39, 0.29) is 34.3 Å². The van der Waals surface area contributed by atoms with Crippen molar-refractivity contribution in [3.05, 3.63) is 64.4 Å². The molecule has 0 aliphatic carbocycles. The molecule has 3 rings (SSSR count). The van der Waals surface area contributed by atoms with E-state index >= 15 is 0 Å². The van der Waals surface area contributed by atoms with Crippen molar-refractivity contribution in [2.24, 2.45) is 5.92 Å². The number of carbonyl (C=O) groups excluding carboxylic acids is 2. The first-order valence-electron chi connectivity index (χ1n) is 9.70. The van der Waals surface area contributed by atoms with Gasteiger partial charge < -0.3 is 10.6 Å². The molecule has 3 N–H and O–H groups in total. The summed E-state index contributed by atoms with van der Waals surface area (Å²) in [6.45, 7) is 5.48. The van der Waals surface area contributed by atoms with Crippen molar-refractivity contribution in [1.29, 1.82) is 0 Å². The number of nitrogens with one attached hydrogen (secondary N) is 3. The summed E-state index contributed by atoms with van der Waals surface area (Å²) in [5.41, 5.74) is 2.29. The van der Waals surface area contributed by atoms with E-state index < -0.39 is 5.56 Å². The van der Waals surface area contributed by atoms with Gasteiger partial charge in [-0.05, 0) is 24.6 Å². The van der Waals surface area contributed by atoms with Crippen LogP contribution in [0.1, 0.15) is 19.4 Å². The second kappa shape index (κ2) is 10.0. The fourth-order valence-corrected chi connectivity index (χ4v) is 3.28. The lowest BCUT2D eigenvalue weighted by Gasteiger charge is -2.11. The van der Waals surface area contributed by atoms with Crippen molar-refractivity contribution >= 4 is 35.0 Å². The molecule has 0 saturated heterocycles. The molecule has 2 aromatic carbocycles. The Morgan fingerprint density at radius 1 is 1.00 bits per heavy atom. The van der Waals surface area contributed by atoms with E-state index in [1.165, 1.54) is 0 Å². The maximum atomic E-state index is 12.6. The average molecular weight is 438 g/mol. The number of amides is 2. The Bertz CT molecular complexity index is 1160. The first-order valence-corrected chi connectivity index (χ1v) is 10.7. The molecule has 1 aromatic heterocycles. The molecule has 0 spiro atoms. The molecule has 160 valence electrons. The number of H-pyrrole nitrogens is 1. The van der Waals surface area contributed by atoms with Gasteiger partial charge in [-0.1, -0.05) is 62.0 Å². The van der Waals surface area contributed by atoms with Crippen molar-refractivity contribution in [1.82, 2.24) is 15.2 Å². The predicted octanol–water partition coefficient (Wildman–Crippen LogP) is 3.47. The zero-order valence-corrected chi connectivity index (χ0v) is 18.2. The molecular weight excluding hydrogens is 414 g/mol. The molecule has 9 heteroatoms. The van der Waals surface area contributed by atoms with E-state index in [2.05, 4.69) is 25.8 Å². The zero-order chi connectivity index (χ0) is 22.4. The Labute approximate surface area is 183 Å². The standard InChI is InChI=1S/C22H23N5O3S/c1-13(2)20(29)24-17-11-7-5-9-15(17)19-21(30)25-22(27-26-19)31-12-18(28)23-16-10-6-4-8-14(16)3/h4-11,13H,12H2,1-3H3,(H,23,28)(H,24,29)(H,25,27,30). The monoisotopic (exact) mass is 437 g/mol. The van der Waals surface area contributed by atoms with Gasteiger partial charge in [0.25, 0.3) is 5.56 Å². The van der Waals surface area contributed by atoms with Crippen molar-refractivity contribution in [3.63, 3.8) is 0 Å². The summed E-state index contributed by atoms with van der Waals surface area (Å²) >= 11 is 1.08. The Kier molecular flexibility index (Phi) is 7.19. The quantitative estimate of drug-likeness (QED) is 0.487. The van der Waals surface area contributed by atoms with Crippen LogP contribution in [-0.2, 0) is 9.59 Å². The number of benzene rings is 2. The van der Waals surface area contributed by atoms with E-state index in [1.807, 2.05) is 31.2 Å². The molecule has 0 fully saturated rings. The molecule has 0 bridgehead atoms. The Morgan fingerprint density at radius 3 is 2.35 bits per heavy atom. The summed E-state index contributed by atoms with van der Waals surface area (Å²) in [6.07, 6.45) is 0. The molecule has 0 unspecified atom stereocenters. The van der Waals surface area contributed by atoms with Crippen molar-refractivity contribution in [2.75, 3.05) is 16.4 Å². The summed E-state index contributed by atoms with van der Waals surface area (Å²) in [4.78, 5) is 39.5. The smallest absolute Gasteiger partial charge is 0.278 e. The van der Waals surface area contributed by atoms with Crippen molar-refractivity contribution in [2.45, 2.75) is 25.9 Å². The van der Waals surface area contributed by atoms with Gasteiger partial charge >= 0.3 is 0 Å². The fraction of sp³-hybridized carbons (Fsp3) is 0.227. The van der Waals surface area contributed by atoms with Gasteiger partial charge in [-0.2, -0.15) is 0 Å². The van der Waals surface area contributed by atoms with E-state index in [0.717, 1.165) is 23.0 Å². The van der Waals surface area contributed by atoms with Gasteiger partial charge in [0.05, 0.1) is 11.4 Å². The fourth-order valence-electron chi connectivity index (χ4n) is 2.67. The molecule has 31 heavy (non-hydrogen) atoms. The number of aryl methyl sites for hydroxylation is 1. The van der Waals surface area contributed by atoms with E-state index in [9.17, 15) is 14.4 Å². The van der Waals surface area contributed by atoms with Crippen LogP contribution in [0.3, 0.4) is 0 Å². The van der Waals surface area contributed by atoms with Crippen LogP contribution in [0.15, 0.2) is 58.5 Å². The van der Waals surface area contributed by atoms with Gasteiger partial charge in [0.2, 0.25) is 11.8 Å². The predicted molar refractivity (Wildman–Crippen MR) is 122 cm³/mol. The number of hydrogen-bond acceptors (Lipinski definition) is 6. The summed E-state index contributed by atoms with van der Waals surface area (Å²) in [7, 11) is 0.